The first kappa shape index (κ1) is 24.9. The zero-order chi connectivity index (χ0) is 24.0. The molecule has 1 N–H and O–H groups in total. The fourth-order valence-electron chi connectivity index (χ4n) is 4.40. The summed E-state index contributed by atoms with van der Waals surface area (Å²) in [5, 5.41) is 2.74. The summed E-state index contributed by atoms with van der Waals surface area (Å²) in [6.07, 6.45) is 2.55. The highest BCUT2D eigenvalue weighted by Gasteiger charge is 2.41. The van der Waals surface area contributed by atoms with E-state index >= 15 is 0 Å². The van der Waals surface area contributed by atoms with Crippen LogP contribution in [0.1, 0.15) is 41.5 Å². The number of hydrogen-bond donors (Lipinski definition) is 1. The van der Waals surface area contributed by atoms with E-state index in [9.17, 15) is 18.0 Å². The molecule has 1 fully saturated rings. The Balaban J connectivity index is 1.54. The Morgan fingerprint density at radius 3 is 2.42 bits per heavy atom. The molecule has 1 atom stereocenters. The third-order valence-electron chi connectivity index (χ3n) is 5.80. The van der Waals surface area contributed by atoms with Gasteiger partial charge in [0.05, 0.1) is 4.90 Å². The maximum absolute atomic E-state index is 13.4. The van der Waals surface area contributed by atoms with E-state index in [-0.39, 0.29) is 11.4 Å². The van der Waals surface area contributed by atoms with E-state index in [0.717, 1.165) is 18.4 Å². The molecule has 0 aliphatic carbocycles. The molecular formula is C25H32N2O5S. The van der Waals surface area contributed by atoms with Crippen molar-refractivity contribution in [3.63, 3.8) is 0 Å². The van der Waals surface area contributed by atoms with Crippen LogP contribution in [0.15, 0.2) is 47.4 Å². The number of aryl methyl sites for hydroxylation is 4. The topological polar surface area (TPSA) is 92.8 Å². The lowest BCUT2D eigenvalue weighted by Gasteiger charge is -2.24. The second kappa shape index (κ2) is 10.9. The third kappa shape index (κ3) is 6.21. The lowest BCUT2D eigenvalue weighted by Crippen LogP contribution is -2.42. The molecule has 178 valence electrons. The molecule has 0 radical (unpaired) electrons. The van der Waals surface area contributed by atoms with Crippen molar-refractivity contribution in [2.75, 3.05) is 19.7 Å². The van der Waals surface area contributed by atoms with E-state index in [4.69, 9.17) is 4.74 Å². The smallest absolute Gasteiger partial charge is 0.324 e. The number of benzene rings is 2. The first-order chi connectivity index (χ1) is 15.7. The van der Waals surface area contributed by atoms with Crippen LogP contribution in [0.25, 0.3) is 0 Å². The first-order valence-electron chi connectivity index (χ1n) is 11.3. The molecule has 1 aliphatic rings. The van der Waals surface area contributed by atoms with Crippen molar-refractivity contribution in [1.82, 2.24) is 9.62 Å². The number of rotatable bonds is 9. The van der Waals surface area contributed by atoms with Gasteiger partial charge in [-0.15, -0.1) is 0 Å². The van der Waals surface area contributed by atoms with Crippen LogP contribution < -0.4 is 5.32 Å². The maximum atomic E-state index is 13.4. The predicted octanol–water partition coefficient (Wildman–Crippen LogP) is 3.06. The quantitative estimate of drug-likeness (QED) is 0.447. The fourth-order valence-corrected chi connectivity index (χ4v) is 6.47. The molecule has 2 aromatic carbocycles. The number of carbonyl (C=O) groups is 2. The number of sulfonamides is 1. The minimum atomic E-state index is -3.86. The van der Waals surface area contributed by atoms with Crippen molar-refractivity contribution in [3.05, 3.63) is 64.7 Å². The highest BCUT2D eigenvalue weighted by molar-refractivity contribution is 7.89. The average molecular weight is 473 g/mol. The van der Waals surface area contributed by atoms with Crippen molar-refractivity contribution < 1.29 is 22.7 Å². The van der Waals surface area contributed by atoms with E-state index in [1.54, 1.807) is 13.8 Å². The van der Waals surface area contributed by atoms with Crippen molar-refractivity contribution in [1.29, 1.82) is 0 Å². The van der Waals surface area contributed by atoms with Crippen LogP contribution in [0, 0.1) is 20.8 Å². The third-order valence-corrected chi connectivity index (χ3v) is 8.01. The van der Waals surface area contributed by atoms with E-state index in [0.29, 0.717) is 30.5 Å². The van der Waals surface area contributed by atoms with Crippen molar-refractivity contribution in [2.45, 2.75) is 57.4 Å². The number of amides is 1. The highest BCUT2D eigenvalue weighted by atomic mass is 32.2. The predicted molar refractivity (Wildman–Crippen MR) is 126 cm³/mol. The Morgan fingerprint density at radius 1 is 1.09 bits per heavy atom. The van der Waals surface area contributed by atoms with Crippen molar-refractivity contribution in [2.24, 2.45) is 0 Å². The van der Waals surface area contributed by atoms with Gasteiger partial charge in [-0.05, 0) is 63.1 Å². The van der Waals surface area contributed by atoms with E-state index < -0.39 is 34.5 Å². The van der Waals surface area contributed by atoms with Crippen LogP contribution in [-0.4, -0.2) is 50.3 Å². The Kier molecular flexibility index (Phi) is 8.26. The molecule has 0 bridgehead atoms. The van der Waals surface area contributed by atoms with Crippen LogP contribution in [0.4, 0.5) is 0 Å². The molecule has 1 saturated heterocycles. The molecule has 0 spiro atoms. The summed E-state index contributed by atoms with van der Waals surface area (Å²) < 4.78 is 33.1. The molecule has 0 aromatic heterocycles. The molecule has 1 unspecified atom stereocenters. The lowest BCUT2D eigenvalue weighted by molar-refractivity contribution is -0.151. The molecule has 1 aliphatic heterocycles. The SMILES string of the molecule is Cc1cc(C)c(S(=O)(=O)N2CCCC2C(=O)OCC(=O)NCCCc2ccccc2)c(C)c1. The largest absolute Gasteiger partial charge is 0.454 e. The second-order valence-electron chi connectivity index (χ2n) is 8.55. The zero-order valence-electron chi connectivity index (χ0n) is 19.5. The Morgan fingerprint density at radius 2 is 1.76 bits per heavy atom. The average Bonchev–Trinajstić information content (AvgIpc) is 3.26. The van der Waals surface area contributed by atoms with Gasteiger partial charge in [-0.2, -0.15) is 4.31 Å². The van der Waals surface area contributed by atoms with Crippen LogP contribution in [0.5, 0.6) is 0 Å². The minimum Gasteiger partial charge on any atom is -0.454 e. The number of ether oxygens (including phenoxy) is 1. The van der Waals surface area contributed by atoms with Gasteiger partial charge in [0.25, 0.3) is 5.91 Å². The van der Waals surface area contributed by atoms with Gasteiger partial charge in [0.1, 0.15) is 6.04 Å². The second-order valence-corrected chi connectivity index (χ2v) is 10.4. The van der Waals surface area contributed by atoms with Crippen molar-refractivity contribution >= 4 is 21.9 Å². The summed E-state index contributed by atoms with van der Waals surface area (Å²) in [5.41, 5.74) is 3.48. The first-order valence-corrected chi connectivity index (χ1v) is 12.7. The lowest BCUT2D eigenvalue weighted by atomic mass is 10.1. The van der Waals surface area contributed by atoms with Crippen LogP contribution in [0.3, 0.4) is 0 Å². The molecule has 3 rings (SSSR count). The Bertz CT molecular complexity index is 1080. The number of carbonyl (C=O) groups excluding carboxylic acids is 2. The van der Waals surface area contributed by atoms with Crippen LogP contribution in [0.2, 0.25) is 0 Å². The van der Waals surface area contributed by atoms with Gasteiger partial charge < -0.3 is 10.1 Å². The fraction of sp³-hybridized carbons (Fsp3) is 0.440. The molecule has 1 heterocycles. The summed E-state index contributed by atoms with van der Waals surface area (Å²) >= 11 is 0. The summed E-state index contributed by atoms with van der Waals surface area (Å²) in [7, 11) is -3.86. The van der Waals surface area contributed by atoms with Crippen molar-refractivity contribution in [3.8, 4) is 0 Å². The number of hydrogen-bond acceptors (Lipinski definition) is 5. The van der Waals surface area contributed by atoms with Gasteiger partial charge in [-0.1, -0.05) is 48.0 Å². The van der Waals surface area contributed by atoms with Gasteiger partial charge in [0.15, 0.2) is 6.61 Å². The molecule has 8 heteroatoms. The molecule has 33 heavy (non-hydrogen) atoms. The maximum Gasteiger partial charge on any atom is 0.324 e. The zero-order valence-corrected chi connectivity index (χ0v) is 20.3. The molecule has 2 aromatic rings. The van der Waals surface area contributed by atoms with E-state index in [2.05, 4.69) is 5.32 Å². The monoisotopic (exact) mass is 472 g/mol. The highest BCUT2D eigenvalue weighted by Crippen LogP contribution is 2.31. The Hall–Kier alpha value is -2.71. The van der Waals surface area contributed by atoms with Gasteiger partial charge in [0.2, 0.25) is 10.0 Å². The van der Waals surface area contributed by atoms with Crippen LogP contribution >= 0.6 is 0 Å². The normalized spacial score (nSPS) is 16.5. The molecular weight excluding hydrogens is 440 g/mol. The van der Waals surface area contributed by atoms with Gasteiger partial charge in [0, 0.05) is 13.1 Å². The standard InChI is InChI=1S/C25H32N2O5S/c1-18-15-19(2)24(20(3)16-18)33(30,31)27-14-8-12-22(27)25(29)32-17-23(28)26-13-7-11-21-9-5-4-6-10-21/h4-6,9-10,15-16,22H,7-8,11-14,17H2,1-3H3,(H,26,28). The van der Waals surface area contributed by atoms with E-state index in [1.165, 1.54) is 9.87 Å². The van der Waals surface area contributed by atoms with Crippen LogP contribution in [-0.2, 0) is 30.8 Å². The summed E-state index contributed by atoms with van der Waals surface area (Å²) in [4.78, 5) is 25.0. The number of nitrogens with one attached hydrogen (secondary N) is 1. The van der Waals surface area contributed by atoms with E-state index in [1.807, 2.05) is 49.4 Å². The van der Waals surface area contributed by atoms with Gasteiger partial charge >= 0.3 is 5.97 Å². The number of esters is 1. The summed E-state index contributed by atoms with van der Waals surface area (Å²) in [6, 6.07) is 12.7. The molecule has 0 saturated carbocycles. The molecule has 1 amide bonds. The van der Waals surface area contributed by atoms with Gasteiger partial charge in [-0.3, -0.25) is 9.59 Å². The summed E-state index contributed by atoms with van der Waals surface area (Å²) in [6.45, 7) is 5.74. The number of nitrogens with zero attached hydrogens (tertiary/aromatic N) is 1. The summed E-state index contributed by atoms with van der Waals surface area (Å²) in [5.74, 6) is -1.08. The Labute approximate surface area is 196 Å². The molecule has 7 nitrogen and oxygen atoms in total. The minimum absolute atomic E-state index is 0.240. The van der Waals surface area contributed by atoms with Gasteiger partial charge in [-0.25, -0.2) is 8.42 Å².